The molecule has 0 radical (unpaired) electrons. The largest absolute Gasteiger partial charge is 0.506 e. The van der Waals surface area contributed by atoms with Crippen molar-refractivity contribution in [1.82, 2.24) is 9.55 Å². The first-order valence-electron chi connectivity index (χ1n) is 8.93. The zero-order valence-electron chi connectivity index (χ0n) is 15.7. The van der Waals surface area contributed by atoms with Gasteiger partial charge in [0.2, 0.25) is 0 Å². The number of nitrogens with one attached hydrogen (secondary N) is 1. The molecule has 30 heavy (non-hydrogen) atoms. The minimum Gasteiger partial charge on any atom is -0.506 e. The molecule has 6 nitrogen and oxygen atoms in total. The summed E-state index contributed by atoms with van der Waals surface area (Å²) in [7, 11) is 0. The molecule has 0 spiro atoms. The van der Waals surface area contributed by atoms with Crippen LogP contribution < -0.4 is 10.9 Å². The Morgan fingerprint density at radius 2 is 1.83 bits per heavy atom. The monoisotopic (exact) mass is 407 g/mol. The van der Waals surface area contributed by atoms with Gasteiger partial charge in [0.1, 0.15) is 22.9 Å². The second kappa shape index (κ2) is 7.40. The van der Waals surface area contributed by atoms with Crippen molar-refractivity contribution in [1.29, 1.82) is 0 Å². The topological polar surface area (TPSA) is 84.2 Å². The first kappa shape index (κ1) is 19.3. The number of aryl methyl sites for hydroxylation is 1. The molecule has 4 rings (SSSR count). The molecule has 0 aliphatic carbocycles. The van der Waals surface area contributed by atoms with Crippen molar-refractivity contribution < 1.29 is 18.7 Å². The van der Waals surface area contributed by atoms with Crippen molar-refractivity contribution in [2.75, 3.05) is 5.32 Å². The fourth-order valence-corrected chi connectivity index (χ4v) is 3.18. The van der Waals surface area contributed by atoms with Gasteiger partial charge < -0.3 is 10.4 Å². The van der Waals surface area contributed by atoms with E-state index in [1.165, 1.54) is 48.7 Å². The molecule has 2 aromatic carbocycles. The number of halogens is 2. The van der Waals surface area contributed by atoms with Gasteiger partial charge in [0.15, 0.2) is 5.65 Å². The zero-order chi connectivity index (χ0) is 21.4. The van der Waals surface area contributed by atoms with Gasteiger partial charge in [0.05, 0.1) is 11.1 Å². The number of rotatable bonds is 3. The third kappa shape index (κ3) is 3.28. The molecule has 1 amide bonds. The van der Waals surface area contributed by atoms with Crippen molar-refractivity contribution in [3.8, 4) is 11.4 Å². The Bertz CT molecular complexity index is 1370. The number of aromatic nitrogens is 2. The predicted octanol–water partition coefficient (Wildman–Crippen LogP) is 3.93. The zero-order valence-corrected chi connectivity index (χ0v) is 15.7. The van der Waals surface area contributed by atoms with Crippen molar-refractivity contribution in [2.24, 2.45) is 0 Å². The maximum absolute atomic E-state index is 13.8. The van der Waals surface area contributed by atoms with Gasteiger partial charge in [-0.25, -0.2) is 13.8 Å². The van der Waals surface area contributed by atoms with E-state index in [0.29, 0.717) is 5.56 Å². The molecule has 0 bridgehead atoms. The minimum absolute atomic E-state index is 0.0593. The highest BCUT2D eigenvalue weighted by molar-refractivity contribution is 6.09. The molecule has 0 fully saturated rings. The molecule has 0 saturated heterocycles. The lowest BCUT2D eigenvalue weighted by molar-refractivity contribution is 0.102. The SMILES string of the molecule is Cc1ccc(F)cc1NC(=O)c1c(O)c2cccnc2n(-c2cccc(F)c2)c1=O. The summed E-state index contributed by atoms with van der Waals surface area (Å²) in [5.41, 5.74) is -0.539. The molecule has 8 heteroatoms. The molecular weight excluding hydrogens is 392 g/mol. The van der Waals surface area contributed by atoms with Crippen LogP contribution in [0.1, 0.15) is 15.9 Å². The summed E-state index contributed by atoms with van der Waals surface area (Å²) in [6.07, 6.45) is 1.41. The second-order valence-corrected chi connectivity index (χ2v) is 6.63. The van der Waals surface area contributed by atoms with Crippen LogP contribution in [0, 0.1) is 18.6 Å². The number of hydrogen-bond acceptors (Lipinski definition) is 4. The highest BCUT2D eigenvalue weighted by atomic mass is 19.1. The second-order valence-electron chi connectivity index (χ2n) is 6.63. The van der Waals surface area contributed by atoms with E-state index in [1.54, 1.807) is 6.92 Å². The Balaban J connectivity index is 1.95. The summed E-state index contributed by atoms with van der Waals surface area (Å²) in [6.45, 7) is 1.66. The van der Waals surface area contributed by atoms with Crippen LogP contribution in [-0.4, -0.2) is 20.6 Å². The summed E-state index contributed by atoms with van der Waals surface area (Å²) in [5.74, 6) is -2.65. The smallest absolute Gasteiger partial charge is 0.273 e. The van der Waals surface area contributed by atoms with Crippen LogP contribution in [0.2, 0.25) is 0 Å². The predicted molar refractivity (Wildman–Crippen MR) is 108 cm³/mol. The summed E-state index contributed by atoms with van der Waals surface area (Å²) in [4.78, 5) is 30.2. The average Bonchev–Trinajstić information content (AvgIpc) is 2.71. The van der Waals surface area contributed by atoms with E-state index in [1.807, 2.05) is 0 Å². The van der Waals surface area contributed by atoms with Crippen LogP contribution >= 0.6 is 0 Å². The molecule has 0 unspecified atom stereocenters. The van der Waals surface area contributed by atoms with Crippen molar-refractivity contribution in [3.63, 3.8) is 0 Å². The Morgan fingerprint density at radius 1 is 1.07 bits per heavy atom. The van der Waals surface area contributed by atoms with Gasteiger partial charge in [-0.2, -0.15) is 0 Å². The quantitative estimate of drug-likeness (QED) is 0.539. The molecular formula is C22H15F2N3O3. The van der Waals surface area contributed by atoms with Crippen LogP contribution in [0.3, 0.4) is 0 Å². The number of aromatic hydroxyl groups is 1. The summed E-state index contributed by atoms with van der Waals surface area (Å²) < 4.78 is 28.4. The third-order valence-electron chi connectivity index (χ3n) is 4.65. The van der Waals surface area contributed by atoms with E-state index >= 15 is 0 Å². The fourth-order valence-electron chi connectivity index (χ4n) is 3.18. The number of hydrogen-bond donors (Lipinski definition) is 2. The molecule has 150 valence electrons. The van der Waals surface area contributed by atoms with Crippen molar-refractivity contribution in [2.45, 2.75) is 6.92 Å². The van der Waals surface area contributed by atoms with Crippen molar-refractivity contribution >= 4 is 22.6 Å². The highest BCUT2D eigenvalue weighted by Crippen LogP contribution is 2.28. The number of anilines is 1. The molecule has 4 aromatic rings. The van der Waals surface area contributed by atoms with Gasteiger partial charge in [0, 0.05) is 11.9 Å². The first-order valence-corrected chi connectivity index (χ1v) is 8.93. The van der Waals surface area contributed by atoms with E-state index in [2.05, 4.69) is 10.3 Å². The Labute approximate surface area is 169 Å². The van der Waals surface area contributed by atoms with Crippen molar-refractivity contribution in [3.05, 3.63) is 93.9 Å². The van der Waals surface area contributed by atoms with E-state index < -0.39 is 34.4 Å². The number of amides is 1. The normalized spacial score (nSPS) is 10.9. The van der Waals surface area contributed by atoms with Gasteiger partial charge in [0.25, 0.3) is 11.5 Å². The molecule has 0 aliphatic heterocycles. The van der Waals surface area contributed by atoms with E-state index in [0.717, 1.165) is 16.7 Å². The van der Waals surface area contributed by atoms with Crippen LogP contribution in [0.5, 0.6) is 5.75 Å². The maximum Gasteiger partial charge on any atom is 0.273 e. The van der Waals surface area contributed by atoms with Crippen LogP contribution in [0.4, 0.5) is 14.5 Å². The third-order valence-corrected chi connectivity index (χ3v) is 4.65. The Morgan fingerprint density at radius 3 is 2.60 bits per heavy atom. The fraction of sp³-hybridized carbons (Fsp3) is 0.0455. The van der Waals surface area contributed by atoms with E-state index in [4.69, 9.17) is 0 Å². The van der Waals surface area contributed by atoms with Gasteiger partial charge in [-0.15, -0.1) is 0 Å². The Hall–Kier alpha value is -4.07. The molecule has 0 saturated carbocycles. The average molecular weight is 407 g/mol. The first-order chi connectivity index (χ1) is 14.4. The molecule has 0 atom stereocenters. The molecule has 2 N–H and O–H groups in total. The Kier molecular flexibility index (Phi) is 4.75. The van der Waals surface area contributed by atoms with Gasteiger partial charge in [-0.1, -0.05) is 12.1 Å². The van der Waals surface area contributed by atoms with Crippen LogP contribution in [0.15, 0.2) is 65.6 Å². The number of nitrogens with zero attached hydrogens (tertiary/aromatic N) is 2. The van der Waals surface area contributed by atoms with Gasteiger partial charge in [-0.05, 0) is 55.0 Å². The van der Waals surface area contributed by atoms with E-state index in [9.17, 15) is 23.5 Å². The number of pyridine rings is 2. The number of carbonyl (C=O) groups excluding carboxylic acids is 1. The number of carbonyl (C=O) groups is 1. The molecule has 0 aliphatic rings. The summed E-state index contributed by atoms with van der Waals surface area (Å²) in [6, 6.07) is 12.1. The number of benzene rings is 2. The number of fused-ring (bicyclic) bond motifs is 1. The summed E-state index contributed by atoms with van der Waals surface area (Å²) in [5, 5.41) is 13.3. The van der Waals surface area contributed by atoms with Gasteiger partial charge >= 0.3 is 0 Å². The lowest BCUT2D eigenvalue weighted by Gasteiger charge is -2.15. The highest BCUT2D eigenvalue weighted by Gasteiger charge is 2.24. The maximum atomic E-state index is 13.8. The van der Waals surface area contributed by atoms with Gasteiger partial charge in [-0.3, -0.25) is 14.2 Å². The van der Waals surface area contributed by atoms with Crippen LogP contribution in [-0.2, 0) is 0 Å². The molecule has 2 aromatic heterocycles. The van der Waals surface area contributed by atoms with Crippen LogP contribution in [0.25, 0.3) is 16.7 Å². The molecule has 2 heterocycles. The lowest BCUT2D eigenvalue weighted by atomic mass is 10.1. The lowest BCUT2D eigenvalue weighted by Crippen LogP contribution is -2.29. The minimum atomic E-state index is -0.929. The van der Waals surface area contributed by atoms with E-state index in [-0.39, 0.29) is 22.4 Å². The summed E-state index contributed by atoms with van der Waals surface area (Å²) >= 11 is 0. The standard InChI is InChI=1S/C22H15F2N3O3/c1-12-7-8-14(24)11-17(12)26-21(29)18-19(28)16-6-3-9-25-20(16)27(22(18)30)15-5-2-4-13(23)10-15/h2-11,28H,1H3,(H,26,29).